The van der Waals surface area contributed by atoms with Gasteiger partial charge in [0.2, 0.25) is 0 Å². The molecule has 0 bridgehead atoms. The summed E-state index contributed by atoms with van der Waals surface area (Å²) in [5, 5.41) is 12.0. The predicted molar refractivity (Wildman–Crippen MR) is 324 cm³/mol. The number of rotatable bonds is 11. The molecule has 0 saturated heterocycles. The molecule has 0 aliphatic carbocycles. The number of anilines is 6. The molecule has 0 atom stereocenters. The molecule has 0 heterocycles. The fourth-order valence-corrected chi connectivity index (χ4v) is 11.4. The molecule has 0 aliphatic heterocycles. The van der Waals surface area contributed by atoms with Gasteiger partial charge in [0.05, 0.1) is 5.69 Å². The maximum Gasteiger partial charge on any atom is 0.0618 e. The highest BCUT2D eigenvalue weighted by Crippen LogP contribution is 2.51. The van der Waals surface area contributed by atoms with E-state index >= 15 is 0 Å². The predicted octanol–water partition coefficient (Wildman–Crippen LogP) is 20.9. The van der Waals surface area contributed by atoms with Crippen LogP contribution in [-0.2, 0) is 0 Å². The SMILES string of the molecule is C=C/C=C\c1cc(-c2c3ccccc3c(-c3ccc4ccccc4c3)c3ccc(N(c4ccccc4)c4c5ccccc5c(-c5ccc(N(c6ccccc6)c6ccccc6)cc5)c5ccccc45)cc23)ccc1C. The van der Waals surface area contributed by atoms with Gasteiger partial charge in [0.25, 0.3) is 0 Å². The summed E-state index contributed by atoms with van der Waals surface area (Å²) in [6.07, 6.45) is 6.05. The minimum Gasteiger partial charge on any atom is -0.311 e. The van der Waals surface area contributed by atoms with E-state index in [2.05, 4.69) is 296 Å². The average Bonchev–Trinajstić information content (AvgIpc) is 3.48. The van der Waals surface area contributed by atoms with Gasteiger partial charge in [0.15, 0.2) is 0 Å². The molecule has 13 rings (SSSR count). The van der Waals surface area contributed by atoms with Crippen LogP contribution < -0.4 is 9.80 Å². The van der Waals surface area contributed by atoms with Gasteiger partial charge in [-0.3, -0.25) is 0 Å². The third-order valence-corrected chi connectivity index (χ3v) is 14.9. The Morgan fingerprint density at radius 2 is 0.720 bits per heavy atom. The van der Waals surface area contributed by atoms with Crippen molar-refractivity contribution in [3.8, 4) is 33.4 Å². The number of benzene rings is 13. The molecule has 2 nitrogen and oxygen atoms in total. The van der Waals surface area contributed by atoms with E-state index in [1.165, 1.54) is 92.8 Å². The summed E-state index contributed by atoms with van der Waals surface area (Å²) in [5.41, 5.74) is 16.2. The first-order chi connectivity index (χ1) is 37.1. The standard InChI is InChI=1S/C73H52N2/c1-3-4-22-53-47-55(38-37-50(53)2)72-63-32-17-16-31-62(63)71(56-40-39-51-23-14-15-24-54(51)48-56)66-46-45-61(49-69(66)72)75(59-29-12-7-13-30-59)73-67-35-20-18-33-64(67)70(65-34-19-21-36-68(65)73)52-41-43-60(44-42-52)74(57-25-8-5-9-26-57)58-27-10-6-11-28-58/h3-49H,1H2,2H3/b22-4-. The summed E-state index contributed by atoms with van der Waals surface area (Å²) in [6.45, 7) is 6.18. The number of aryl methyl sites for hydroxylation is 1. The molecule has 0 saturated carbocycles. The molecule has 0 fully saturated rings. The van der Waals surface area contributed by atoms with Crippen molar-refractivity contribution in [2.45, 2.75) is 6.92 Å². The second-order valence-electron chi connectivity index (χ2n) is 19.3. The molecule has 13 aromatic rings. The van der Waals surface area contributed by atoms with Crippen molar-refractivity contribution >= 4 is 94.1 Å². The molecule has 0 spiro atoms. The van der Waals surface area contributed by atoms with Gasteiger partial charge in [0.1, 0.15) is 0 Å². The topological polar surface area (TPSA) is 6.48 Å². The van der Waals surface area contributed by atoms with Crippen LogP contribution >= 0.6 is 0 Å². The van der Waals surface area contributed by atoms with Crippen LogP contribution in [0, 0.1) is 6.92 Å². The first-order valence-electron chi connectivity index (χ1n) is 25.8. The van der Waals surface area contributed by atoms with Gasteiger partial charge in [-0.05, 0) is 167 Å². The summed E-state index contributed by atoms with van der Waals surface area (Å²) < 4.78 is 0. The van der Waals surface area contributed by atoms with Crippen molar-refractivity contribution in [1.82, 2.24) is 0 Å². The Kier molecular flexibility index (Phi) is 11.6. The Bertz CT molecular complexity index is 4210. The Morgan fingerprint density at radius 1 is 0.307 bits per heavy atom. The van der Waals surface area contributed by atoms with Crippen molar-refractivity contribution in [3.05, 3.63) is 297 Å². The summed E-state index contributed by atoms with van der Waals surface area (Å²) in [4.78, 5) is 4.82. The van der Waals surface area contributed by atoms with E-state index in [9.17, 15) is 0 Å². The van der Waals surface area contributed by atoms with Crippen LogP contribution in [0.1, 0.15) is 11.1 Å². The molecule has 0 amide bonds. The molecule has 75 heavy (non-hydrogen) atoms. The molecule has 0 radical (unpaired) electrons. The van der Waals surface area contributed by atoms with Crippen molar-refractivity contribution in [2.75, 3.05) is 9.80 Å². The van der Waals surface area contributed by atoms with E-state index in [-0.39, 0.29) is 0 Å². The number of nitrogens with zero attached hydrogens (tertiary/aromatic N) is 2. The summed E-state index contributed by atoms with van der Waals surface area (Å²) in [7, 11) is 0. The molecular weight excluding hydrogens is 905 g/mol. The molecule has 354 valence electrons. The monoisotopic (exact) mass is 956 g/mol. The third-order valence-electron chi connectivity index (χ3n) is 14.9. The first-order valence-corrected chi connectivity index (χ1v) is 25.8. The lowest BCUT2D eigenvalue weighted by atomic mass is 9.84. The fraction of sp³-hybridized carbons (Fsp3) is 0.0137. The zero-order valence-electron chi connectivity index (χ0n) is 41.7. The summed E-state index contributed by atoms with van der Waals surface area (Å²) in [5.74, 6) is 0. The van der Waals surface area contributed by atoms with Gasteiger partial charge in [0, 0.05) is 39.2 Å². The number of fused-ring (bicyclic) bond motifs is 5. The molecule has 0 unspecified atom stereocenters. The van der Waals surface area contributed by atoms with Gasteiger partial charge in [-0.1, -0.05) is 219 Å². The van der Waals surface area contributed by atoms with Crippen LogP contribution in [-0.4, -0.2) is 0 Å². The summed E-state index contributed by atoms with van der Waals surface area (Å²) >= 11 is 0. The molecular formula is C73H52N2. The van der Waals surface area contributed by atoms with E-state index < -0.39 is 0 Å². The third kappa shape index (κ3) is 8.10. The average molecular weight is 957 g/mol. The highest BCUT2D eigenvalue weighted by molar-refractivity contribution is 6.25. The van der Waals surface area contributed by atoms with Crippen LogP contribution in [0.5, 0.6) is 0 Å². The van der Waals surface area contributed by atoms with Crippen molar-refractivity contribution < 1.29 is 0 Å². The van der Waals surface area contributed by atoms with Crippen molar-refractivity contribution in [1.29, 1.82) is 0 Å². The van der Waals surface area contributed by atoms with Gasteiger partial charge >= 0.3 is 0 Å². The highest BCUT2D eigenvalue weighted by atomic mass is 15.1. The van der Waals surface area contributed by atoms with E-state index in [0.29, 0.717) is 0 Å². The van der Waals surface area contributed by atoms with Crippen molar-refractivity contribution in [2.24, 2.45) is 0 Å². The smallest absolute Gasteiger partial charge is 0.0618 e. The molecule has 13 aromatic carbocycles. The van der Waals surface area contributed by atoms with Crippen LogP contribution in [0.4, 0.5) is 34.1 Å². The molecule has 0 aromatic heterocycles. The van der Waals surface area contributed by atoms with Gasteiger partial charge in [-0.2, -0.15) is 0 Å². The number of hydrogen-bond donors (Lipinski definition) is 0. The van der Waals surface area contributed by atoms with E-state index in [4.69, 9.17) is 0 Å². The van der Waals surface area contributed by atoms with Gasteiger partial charge in [-0.15, -0.1) is 0 Å². The quantitative estimate of drug-likeness (QED) is 0.0941. The Morgan fingerprint density at radius 3 is 1.31 bits per heavy atom. The lowest BCUT2D eigenvalue weighted by Gasteiger charge is -2.30. The number of allylic oxidation sites excluding steroid dienone is 2. The number of para-hydroxylation sites is 3. The van der Waals surface area contributed by atoms with Crippen LogP contribution in [0.3, 0.4) is 0 Å². The molecule has 2 heteroatoms. The fourth-order valence-electron chi connectivity index (χ4n) is 11.4. The largest absolute Gasteiger partial charge is 0.311 e. The Labute approximate surface area is 438 Å². The van der Waals surface area contributed by atoms with Crippen LogP contribution in [0.25, 0.3) is 93.3 Å². The maximum atomic E-state index is 3.99. The highest BCUT2D eigenvalue weighted by Gasteiger charge is 2.25. The Balaban J connectivity index is 1.06. The van der Waals surface area contributed by atoms with E-state index in [0.717, 1.165) is 39.7 Å². The zero-order chi connectivity index (χ0) is 50.2. The second-order valence-corrected chi connectivity index (χ2v) is 19.3. The first kappa shape index (κ1) is 45.1. The normalized spacial score (nSPS) is 11.5. The van der Waals surface area contributed by atoms with E-state index in [1.807, 2.05) is 12.2 Å². The summed E-state index contributed by atoms with van der Waals surface area (Å²) in [6, 6.07) is 97.8. The Hall–Kier alpha value is -9.76. The van der Waals surface area contributed by atoms with Crippen molar-refractivity contribution in [3.63, 3.8) is 0 Å². The minimum absolute atomic E-state index is 1.07. The molecule has 0 aliphatic rings. The van der Waals surface area contributed by atoms with Crippen LogP contribution in [0.2, 0.25) is 0 Å². The van der Waals surface area contributed by atoms with Gasteiger partial charge < -0.3 is 9.80 Å². The maximum absolute atomic E-state index is 3.99. The van der Waals surface area contributed by atoms with E-state index in [1.54, 1.807) is 0 Å². The lowest BCUT2D eigenvalue weighted by molar-refractivity contribution is 1.28. The zero-order valence-corrected chi connectivity index (χ0v) is 41.7. The van der Waals surface area contributed by atoms with Gasteiger partial charge in [-0.25, -0.2) is 0 Å². The number of hydrogen-bond acceptors (Lipinski definition) is 2. The lowest BCUT2D eigenvalue weighted by Crippen LogP contribution is -2.11. The molecule has 0 N–H and O–H groups in total. The van der Waals surface area contributed by atoms with Crippen LogP contribution in [0.15, 0.2) is 286 Å². The minimum atomic E-state index is 1.07. The second kappa shape index (κ2) is 19.3.